The van der Waals surface area contributed by atoms with E-state index in [2.05, 4.69) is 12.0 Å². The monoisotopic (exact) mass is 275 g/mol. The molecular weight excluding hydrogens is 258 g/mol. The summed E-state index contributed by atoms with van der Waals surface area (Å²) in [5.41, 5.74) is 8.46. The van der Waals surface area contributed by atoms with Crippen molar-refractivity contribution in [3.05, 3.63) is 41.1 Å². The second-order valence-electron chi connectivity index (χ2n) is 4.35. The average molecular weight is 275 g/mol. The molecule has 5 heteroatoms. The van der Waals surface area contributed by atoms with Gasteiger partial charge >= 0.3 is 0 Å². The Hall–Kier alpha value is -1.88. The van der Waals surface area contributed by atoms with E-state index in [0.717, 1.165) is 17.9 Å². The van der Waals surface area contributed by atoms with Crippen molar-refractivity contribution in [3.63, 3.8) is 0 Å². The second-order valence-corrected chi connectivity index (χ2v) is 4.79. The zero-order valence-corrected chi connectivity index (χ0v) is 12.1. The van der Waals surface area contributed by atoms with Gasteiger partial charge in [-0.3, -0.25) is 0 Å². The average Bonchev–Trinajstić information content (AvgIpc) is 2.65. The van der Waals surface area contributed by atoms with Crippen LogP contribution in [0.4, 0.5) is 0 Å². The molecule has 0 radical (unpaired) electrons. The molecule has 1 aromatic carbocycles. The van der Waals surface area contributed by atoms with Crippen molar-refractivity contribution in [1.29, 1.82) is 0 Å². The highest BCUT2D eigenvalue weighted by Crippen LogP contribution is 2.27. The van der Waals surface area contributed by atoms with Gasteiger partial charge in [-0.15, -0.1) is 0 Å². The van der Waals surface area contributed by atoms with E-state index in [1.807, 2.05) is 38.2 Å². The normalized spacial score (nSPS) is 10.5. The lowest BCUT2D eigenvalue weighted by molar-refractivity contribution is 0.430. The van der Waals surface area contributed by atoms with Crippen molar-refractivity contribution in [2.45, 2.75) is 20.3 Å². The first-order valence-corrected chi connectivity index (χ1v) is 6.54. The van der Waals surface area contributed by atoms with Crippen LogP contribution < -0.4 is 10.5 Å². The molecule has 0 atom stereocenters. The molecule has 0 aliphatic heterocycles. The van der Waals surface area contributed by atoms with Gasteiger partial charge < -0.3 is 10.5 Å². The van der Waals surface area contributed by atoms with E-state index in [1.54, 1.807) is 4.68 Å². The molecule has 2 rings (SSSR count). The molecule has 0 amide bonds. The summed E-state index contributed by atoms with van der Waals surface area (Å²) in [7, 11) is 1.81. The van der Waals surface area contributed by atoms with Crippen LogP contribution in [-0.4, -0.2) is 14.8 Å². The molecule has 0 saturated heterocycles. The standard InChI is InChI=1S/C14H17N3OS/c1-4-10-5-7-11(8-6-10)18-14-12(13(15)19)9(2)16-17(14)3/h5-8H,4H2,1-3H3,(H2,15,19). The highest BCUT2D eigenvalue weighted by atomic mass is 32.1. The molecule has 1 heterocycles. The molecule has 0 aliphatic carbocycles. The highest BCUT2D eigenvalue weighted by molar-refractivity contribution is 7.80. The number of nitrogens with two attached hydrogens (primary N) is 1. The molecule has 1 aromatic heterocycles. The van der Waals surface area contributed by atoms with Gasteiger partial charge in [0.15, 0.2) is 0 Å². The van der Waals surface area contributed by atoms with E-state index in [4.69, 9.17) is 22.7 Å². The lowest BCUT2D eigenvalue weighted by Gasteiger charge is -2.08. The van der Waals surface area contributed by atoms with E-state index < -0.39 is 0 Å². The number of hydrogen-bond donors (Lipinski definition) is 1. The maximum Gasteiger partial charge on any atom is 0.228 e. The Kier molecular flexibility index (Phi) is 3.85. The Labute approximate surface area is 118 Å². The Morgan fingerprint density at radius 1 is 1.37 bits per heavy atom. The zero-order chi connectivity index (χ0) is 14.0. The second kappa shape index (κ2) is 5.40. The minimum Gasteiger partial charge on any atom is -0.439 e. The molecule has 0 spiro atoms. The minimum atomic E-state index is 0.297. The molecule has 19 heavy (non-hydrogen) atoms. The number of benzene rings is 1. The predicted molar refractivity (Wildman–Crippen MR) is 79.7 cm³/mol. The van der Waals surface area contributed by atoms with Gasteiger partial charge in [0, 0.05) is 7.05 Å². The molecule has 0 aliphatic rings. The SMILES string of the molecule is CCc1ccc(Oc2c(C(N)=S)c(C)nn2C)cc1. The Morgan fingerprint density at radius 3 is 2.53 bits per heavy atom. The first-order chi connectivity index (χ1) is 9.02. The predicted octanol–water partition coefficient (Wildman–Crippen LogP) is 2.72. The first-order valence-electron chi connectivity index (χ1n) is 6.13. The molecule has 2 aromatic rings. The fourth-order valence-corrected chi connectivity index (χ4v) is 2.18. The van der Waals surface area contributed by atoms with Crippen molar-refractivity contribution in [2.24, 2.45) is 12.8 Å². The van der Waals surface area contributed by atoms with Crippen molar-refractivity contribution >= 4 is 17.2 Å². The van der Waals surface area contributed by atoms with Crippen LogP contribution in [-0.2, 0) is 13.5 Å². The van der Waals surface area contributed by atoms with Gasteiger partial charge in [0.2, 0.25) is 5.88 Å². The molecule has 100 valence electrons. The summed E-state index contributed by atoms with van der Waals surface area (Å²) in [4.78, 5) is 0.297. The smallest absolute Gasteiger partial charge is 0.228 e. The van der Waals surface area contributed by atoms with Gasteiger partial charge in [-0.2, -0.15) is 5.10 Å². The fourth-order valence-electron chi connectivity index (χ4n) is 1.94. The Bertz CT molecular complexity index is 602. The van der Waals surface area contributed by atoms with Gasteiger partial charge in [-0.05, 0) is 31.0 Å². The van der Waals surface area contributed by atoms with Crippen LogP contribution >= 0.6 is 12.2 Å². The van der Waals surface area contributed by atoms with Crippen LogP contribution in [0.5, 0.6) is 11.6 Å². The van der Waals surface area contributed by atoms with Crippen molar-refractivity contribution in [2.75, 3.05) is 0 Å². The third-order valence-corrected chi connectivity index (χ3v) is 3.17. The summed E-state index contributed by atoms with van der Waals surface area (Å²) in [5.74, 6) is 1.33. The topological polar surface area (TPSA) is 53.1 Å². The Balaban J connectivity index is 2.34. The summed E-state index contributed by atoms with van der Waals surface area (Å²) in [6.45, 7) is 3.98. The third kappa shape index (κ3) is 2.76. The zero-order valence-electron chi connectivity index (χ0n) is 11.3. The van der Waals surface area contributed by atoms with Gasteiger partial charge in [0.1, 0.15) is 10.7 Å². The number of aryl methyl sites for hydroxylation is 3. The maximum atomic E-state index is 5.85. The number of ether oxygens (including phenoxy) is 1. The summed E-state index contributed by atoms with van der Waals surface area (Å²) in [6.07, 6.45) is 1.00. The van der Waals surface area contributed by atoms with E-state index in [9.17, 15) is 0 Å². The molecule has 2 N–H and O–H groups in total. The third-order valence-electron chi connectivity index (χ3n) is 2.96. The highest BCUT2D eigenvalue weighted by Gasteiger charge is 2.17. The fraction of sp³-hybridized carbons (Fsp3) is 0.286. The van der Waals surface area contributed by atoms with Crippen molar-refractivity contribution in [1.82, 2.24) is 9.78 Å². The molecule has 4 nitrogen and oxygen atoms in total. The summed E-state index contributed by atoms with van der Waals surface area (Å²) in [5, 5.41) is 4.29. The van der Waals surface area contributed by atoms with E-state index in [0.29, 0.717) is 16.4 Å². The van der Waals surface area contributed by atoms with Crippen LogP contribution in [0.1, 0.15) is 23.7 Å². The number of thiocarbonyl (C=S) groups is 1. The van der Waals surface area contributed by atoms with Crippen LogP contribution in [0.25, 0.3) is 0 Å². The lowest BCUT2D eigenvalue weighted by atomic mass is 10.2. The first kappa shape index (κ1) is 13.5. The number of rotatable bonds is 4. The molecule has 0 saturated carbocycles. The van der Waals surface area contributed by atoms with E-state index >= 15 is 0 Å². The lowest BCUT2D eigenvalue weighted by Crippen LogP contribution is -2.11. The van der Waals surface area contributed by atoms with E-state index in [1.165, 1.54) is 5.56 Å². The van der Waals surface area contributed by atoms with Gasteiger partial charge in [-0.25, -0.2) is 4.68 Å². The van der Waals surface area contributed by atoms with Crippen molar-refractivity contribution in [3.8, 4) is 11.6 Å². The van der Waals surface area contributed by atoms with Crippen molar-refractivity contribution < 1.29 is 4.74 Å². The Morgan fingerprint density at radius 2 is 2.00 bits per heavy atom. The largest absolute Gasteiger partial charge is 0.439 e. The quantitative estimate of drug-likeness (QED) is 0.872. The van der Waals surface area contributed by atoms with Crippen LogP contribution in [0.3, 0.4) is 0 Å². The molecular formula is C14H17N3OS. The van der Waals surface area contributed by atoms with E-state index in [-0.39, 0.29) is 0 Å². The molecule has 0 bridgehead atoms. The van der Waals surface area contributed by atoms with Crippen LogP contribution in [0.2, 0.25) is 0 Å². The molecule has 0 unspecified atom stereocenters. The van der Waals surface area contributed by atoms with Gasteiger partial charge in [0.05, 0.1) is 11.3 Å². The number of nitrogens with zero attached hydrogens (tertiary/aromatic N) is 2. The van der Waals surface area contributed by atoms with Gasteiger partial charge in [-0.1, -0.05) is 31.3 Å². The van der Waals surface area contributed by atoms with Gasteiger partial charge in [0.25, 0.3) is 0 Å². The number of aromatic nitrogens is 2. The maximum absolute atomic E-state index is 5.85. The van der Waals surface area contributed by atoms with Crippen LogP contribution in [0.15, 0.2) is 24.3 Å². The number of hydrogen-bond acceptors (Lipinski definition) is 3. The minimum absolute atomic E-state index is 0.297. The molecule has 0 fully saturated rings. The summed E-state index contributed by atoms with van der Waals surface area (Å²) in [6, 6.07) is 7.95. The summed E-state index contributed by atoms with van der Waals surface area (Å²) >= 11 is 5.05. The van der Waals surface area contributed by atoms with Crippen LogP contribution in [0, 0.1) is 6.92 Å². The summed E-state index contributed by atoms with van der Waals surface area (Å²) < 4.78 is 7.51.